The van der Waals surface area contributed by atoms with Crippen molar-refractivity contribution >= 4 is 10.9 Å². The molecular formula is C14H16N4. The van der Waals surface area contributed by atoms with E-state index >= 15 is 0 Å². The third kappa shape index (κ3) is 1.91. The first kappa shape index (κ1) is 11.0. The first-order valence-electron chi connectivity index (χ1n) is 6.04. The first-order valence-corrected chi connectivity index (χ1v) is 6.04. The molecule has 92 valence electrons. The van der Waals surface area contributed by atoms with Gasteiger partial charge in [-0.25, -0.2) is 0 Å². The quantitative estimate of drug-likeness (QED) is 0.737. The van der Waals surface area contributed by atoms with Crippen molar-refractivity contribution in [2.75, 3.05) is 0 Å². The molecule has 2 heterocycles. The lowest BCUT2D eigenvalue weighted by atomic mass is 10.0. The van der Waals surface area contributed by atoms with Crippen LogP contribution >= 0.6 is 0 Å². The summed E-state index contributed by atoms with van der Waals surface area (Å²) in [5.41, 5.74) is 9.53. The van der Waals surface area contributed by atoms with Gasteiger partial charge in [-0.2, -0.15) is 5.10 Å². The summed E-state index contributed by atoms with van der Waals surface area (Å²) < 4.78 is 1.78. The predicted molar refractivity (Wildman–Crippen MR) is 72.1 cm³/mol. The summed E-state index contributed by atoms with van der Waals surface area (Å²) in [6, 6.07) is 10.2. The zero-order chi connectivity index (χ0) is 12.5. The van der Waals surface area contributed by atoms with Crippen molar-refractivity contribution in [1.82, 2.24) is 14.8 Å². The number of aromatic amines is 1. The van der Waals surface area contributed by atoms with Gasteiger partial charge >= 0.3 is 0 Å². The van der Waals surface area contributed by atoms with Crippen LogP contribution in [0.15, 0.2) is 42.7 Å². The molecule has 0 aliphatic heterocycles. The summed E-state index contributed by atoms with van der Waals surface area (Å²) in [4.78, 5) is 3.27. The van der Waals surface area contributed by atoms with Crippen LogP contribution in [0.5, 0.6) is 0 Å². The summed E-state index contributed by atoms with van der Waals surface area (Å²) in [5, 5.41) is 5.59. The highest BCUT2D eigenvalue weighted by atomic mass is 15.3. The van der Waals surface area contributed by atoms with E-state index in [1.54, 1.807) is 4.68 Å². The second kappa shape index (κ2) is 4.31. The molecular weight excluding hydrogens is 224 g/mol. The standard InChI is InChI=1S/C14H16N4/c1-18-7-6-14(17-18)12(15)8-10-9-16-13-5-3-2-4-11(10)13/h2-7,9,12,16H,8,15H2,1H3. The molecule has 2 aromatic heterocycles. The molecule has 0 saturated heterocycles. The Morgan fingerprint density at radius 2 is 2.17 bits per heavy atom. The van der Waals surface area contributed by atoms with E-state index in [2.05, 4.69) is 22.2 Å². The van der Waals surface area contributed by atoms with E-state index in [0.717, 1.165) is 17.6 Å². The Morgan fingerprint density at radius 1 is 1.33 bits per heavy atom. The maximum atomic E-state index is 6.20. The van der Waals surface area contributed by atoms with Crippen molar-refractivity contribution in [2.45, 2.75) is 12.5 Å². The van der Waals surface area contributed by atoms with Crippen molar-refractivity contribution < 1.29 is 0 Å². The molecule has 3 rings (SSSR count). The number of nitrogens with zero attached hydrogens (tertiary/aromatic N) is 2. The van der Waals surface area contributed by atoms with Crippen LogP contribution in [0.4, 0.5) is 0 Å². The normalized spacial score (nSPS) is 13.0. The van der Waals surface area contributed by atoms with E-state index in [1.807, 2.05) is 37.6 Å². The molecule has 3 aromatic rings. The van der Waals surface area contributed by atoms with E-state index in [-0.39, 0.29) is 6.04 Å². The van der Waals surface area contributed by atoms with Crippen molar-refractivity contribution in [1.29, 1.82) is 0 Å². The lowest BCUT2D eigenvalue weighted by Gasteiger charge is -2.07. The molecule has 1 unspecified atom stereocenters. The van der Waals surface area contributed by atoms with Gasteiger partial charge in [0.1, 0.15) is 0 Å². The third-order valence-corrected chi connectivity index (χ3v) is 3.23. The minimum atomic E-state index is -0.0644. The van der Waals surface area contributed by atoms with E-state index in [9.17, 15) is 0 Å². The molecule has 0 spiro atoms. The van der Waals surface area contributed by atoms with E-state index < -0.39 is 0 Å². The second-order valence-electron chi connectivity index (χ2n) is 4.58. The van der Waals surface area contributed by atoms with E-state index in [1.165, 1.54) is 10.9 Å². The molecule has 3 N–H and O–H groups in total. The van der Waals surface area contributed by atoms with Gasteiger partial charge in [-0.1, -0.05) is 18.2 Å². The molecule has 1 aromatic carbocycles. The molecule has 0 fully saturated rings. The van der Waals surface area contributed by atoms with Gasteiger partial charge in [0.15, 0.2) is 0 Å². The number of benzene rings is 1. The fraction of sp³-hybridized carbons (Fsp3) is 0.214. The molecule has 0 aliphatic rings. The van der Waals surface area contributed by atoms with Crippen LogP contribution < -0.4 is 5.73 Å². The zero-order valence-electron chi connectivity index (χ0n) is 10.3. The molecule has 1 atom stereocenters. The van der Waals surface area contributed by atoms with E-state index in [0.29, 0.717) is 0 Å². The van der Waals surface area contributed by atoms with Crippen LogP contribution in [-0.2, 0) is 13.5 Å². The summed E-state index contributed by atoms with van der Waals surface area (Å²) in [7, 11) is 1.90. The zero-order valence-corrected chi connectivity index (χ0v) is 10.3. The monoisotopic (exact) mass is 240 g/mol. The highest BCUT2D eigenvalue weighted by molar-refractivity contribution is 5.83. The summed E-state index contributed by atoms with van der Waals surface area (Å²) >= 11 is 0. The third-order valence-electron chi connectivity index (χ3n) is 3.23. The maximum Gasteiger partial charge on any atom is 0.0795 e. The van der Waals surface area contributed by atoms with Crippen LogP contribution in [-0.4, -0.2) is 14.8 Å². The number of nitrogens with one attached hydrogen (secondary N) is 1. The fourth-order valence-electron chi connectivity index (χ4n) is 2.27. The number of aromatic nitrogens is 3. The molecule has 0 aliphatic carbocycles. The smallest absolute Gasteiger partial charge is 0.0795 e. The van der Waals surface area contributed by atoms with Gasteiger partial charge in [0.05, 0.1) is 11.7 Å². The molecule has 4 heteroatoms. The molecule has 0 radical (unpaired) electrons. The average molecular weight is 240 g/mol. The van der Waals surface area contributed by atoms with Crippen LogP contribution in [0, 0.1) is 0 Å². The number of nitrogens with two attached hydrogens (primary N) is 1. The van der Waals surface area contributed by atoms with Gasteiger partial charge in [-0.15, -0.1) is 0 Å². The molecule has 4 nitrogen and oxygen atoms in total. The topological polar surface area (TPSA) is 59.6 Å². The van der Waals surface area contributed by atoms with Gasteiger partial charge in [-0.05, 0) is 24.1 Å². The number of hydrogen-bond donors (Lipinski definition) is 2. The number of H-pyrrole nitrogens is 1. The number of rotatable bonds is 3. The summed E-state index contributed by atoms with van der Waals surface area (Å²) in [5.74, 6) is 0. The highest BCUT2D eigenvalue weighted by Crippen LogP contribution is 2.22. The Kier molecular flexibility index (Phi) is 2.64. The number of fused-ring (bicyclic) bond motifs is 1. The minimum absolute atomic E-state index is 0.0644. The van der Waals surface area contributed by atoms with E-state index in [4.69, 9.17) is 5.73 Å². The minimum Gasteiger partial charge on any atom is -0.361 e. The Hall–Kier alpha value is -2.07. The van der Waals surface area contributed by atoms with Crippen molar-refractivity contribution in [2.24, 2.45) is 12.8 Å². The predicted octanol–water partition coefficient (Wildman–Crippen LogP) is 2.14. The number of aryl methyl sites for hydroxylation is 1. The van der Waals surface area contributed by atoms with Crippen LogP contribution in [0.3, 0.4) is 0 Å². The molecule has 18 heavy (non-hydrogen) atoms. The van der Waals surface area contributed by atoms with Gasteiger partial charge < -0.3 is 10.7 Å². The summed E-state index contributed by atoms with van der Waals surface area (Å²) in [6.45, 7) is 0. The number of para-hydroxylation sites is 1. The molecule has 0 saturated carbocycles. The maximum absolute atomic E-state index is 6.20. The van der Waals surface area contributed by atoms with Gasteiger partial charge in [-0.3, -0.25) is 4.68 Å². The fourth-order valence-corrected chi connectivity index (χ4v) is 2.27. The van der Waals surface area contributed by atoms with Gasteiger partial charge in [0.2, 0.25) is 0 Å². The average Bonchev–Trinajstić information content (AvgIpc) is 2.97. The SMILES string of the molecule is Cn1ccc(C(N)Cc2c[nH]c3ccccc23)n1. The van der Waals surface area contributed by atoms with Gasteiger partial charge in [0, 0.05) is 30.3 Å². The number of hydrogen-bond acceptors (Lipinski definition) is 2. The van der Waals surface area contributed by atoms with Crippen LogP contribution in [0.1, 0.15) is 17.3 Å². The Labute approximate surface area is 105 Å². The van der Waals surface area contributed by atoms with Crippen LogP contribution in [0.25, 0.3) is 10.9 Å². The van der Waals surface area contributed by atoms with Crippen molar-refractivity contribution in [3.8, 4) is 0 Å². The van der Waals surface area contributed by atoms with Gasteiger partial charge in [0.25, 0.3) is 0 Å². The Morgan fingerprint density at radius 3 is 2.94 bits per heavy atom. The second-order valence-corrected chi connectivity index (χ2v) is 4.58. The lowest BCUT2D eigenvalue weighted by molar-refractivity contribution is 0.659. The first-order chi connectivity index (χ1) is 8.74. The highest BCUT2D eigenvalue weighted by Gasteiger charge is 2.12. The molecule has 0 bridgehead atoms. The Bertz CT molecular complexity index is 665. The lowest BCUT2D eigenvalue weighted by Crippen LogP contribution is -2.14. The summed E-state index contributed by atoms with van der Waals surface area (Å²) in [6.07, 6.45) is 4.75. The Balaban J connectivity index is 1.88. The van der Waals surface area contributed by atoms with Crippen molar-refractivity contribution in [3.05, 3.63) is 54.0 Å². The van der Waals surface area contributed by atoms with Crippen molar-refractivity contribution in [3.63, 3.8) is 0 Å². The van der Waals surface area contributed by atoms with Crippen LogP contribution in [0.2, 0.25) is 0 Å². The molecule has 0 amide bonds. The largest absolute Gasteiger partial charge is 0.361 e.